The molecule has 0 aliphatic rings. The molecule has 0 heterocycles. The van der Waals surface area contributed by atoms with Gasteiger partial charge in [0.1, 0.15) is 0 Å². The van der Waals surface area contributed by atoms with E-state index in [-0.39, 0.29) is 22.3 Å². The maximum absolute atomic E-state index is 2.12. The molecule has 0 amide bonds. The van der Waals surface area contributed by atoms with Crippen LogP contribution in [0.1, 0.15) is 0 Å². The minimum absolute atomic E-state index is 0. The van der Waals surface area contributed by atoms with Crippen molar-refractivity contribution in [1.29, 1.82) is 0 Å². The molecule has 0 atom stereocenters. The Hall–Kier alpha value is 1.42. The van der Waals surface area contributed by atoms with E-state index in [0.717, 1.165) is 0 Å². The molecule has 0 saturated carbocycles. The first-order valence-corrected chi connectivity index (χ1v) is 6.56. The van der Waals surface area contributed by atoms with Crippen LogP contribution in [-0.4, -0.2) is 0 Å². The van der Waals surface area contributed by atoms with Gasteiger partial charge in [-0.3, -0.25) is 0 Å². The van der Waals surface area contributed by atoms with Gasteiger partial charge in [0, 0.05) is 0 Å². The van der Waals surface area contributed by atoms with Crippen LogP contribution in [0.4, 0.5) is 0 Å². The zero-order valence-corrected chi connectivity index (χ0v) is 8.12. The second-order valence-electron chi connectivity index (χ2n) is 0. The van der Waals surface area contributed by atoms with Crippen molar-refractivity contribution in [2.24, 2.45) is 0 Å². The van der Waals surface area contributed by atoms with Crippen molar-refractivity contribution in [3.63, 3.8) is 0 Å². The van der Waals surface area contributed by atoms with Crippen LogP contribution in [0.25, 0.3) is 0 Å². The van der Waals surface area contributed by atoms with Crippen LogP contribution in [0.3, 0.4) is 0 Å². The maximum atomic E-state index is 2.12. The zero-order valence-electron chi connectivity index (χ0n) is 3.69. The summed E-state index contributed by atoms with van der Waals surface area (Å²) in [6, 6.07) is 0. The SMILES string of the molecule is [CH3-].[CH3-].[CH3-].[I][Pt]. The Labute approximate surface area is 57.5 Å². The van der Waals surface area contributed by atoms with Crippen molar-refractivity contribution >= 4 is 19.4 Å². The van der Waals surface area contributed by atoms with Crippen molar-refractivity contribution in [2.45, 2.75) is 0 Å². The van der Waals surface area contributed by atoms with E-state index in [0.29, 0.717) is 0 Å². The molecule has 0 bridgehead atoms. The summed E-state index contributed by atoms with van der Waals surface area (Å²) < 4.78 is 0. The van der Waals surface area contributed by atoms with E-state index in [9.17, 15) is 0 Å². The molecule has 0 aliphatic carbocycles. The Morgan fingerprint density at radius 3 is 0.800 bits per heavy atom. The van der Waals surface area contributed by atoms with E-state index in [2.05, 4.69) is 35.5 Å². The summed E-state index contributed by atoms with van der Waals surface area (Å²) in [6.45, 7) is 0. The molecular formula is C3H9IPt-3. The molecule has 0 aromatic carbocycles. The third-order valence-electron chi connectivity index (χ3n) is 0. The third kappa shape index (κ3) is 31.5. The molecule has 0 aliphatic heterocycles. The van der Waals surface area contributed by atoms with E-state index < -0.39 is 0 Å². The molecule has 0 unspecified atom stereocenters. The predicted octanol–water partition coefficient (Wildman–Crippen LogP) is 2.23. The molecule has 0 radical (unpaired) electrons. The average Bonchev–Trinajstić information content (AvgIpc) is 1.00. The second kappa shape index (κ2) is 52.6. The van der Waals surface area contributed by atoms with Gasteiger partial charge in [0.2, 0.25) is 0 Å². The molecule has 0 aromatic rings. The number of hydrogen-bond donors (Lipinski definition) is 0. The summed E-state index contributed by atoms with van der Waals surface area (Å²) in [5.74, 6) is 0. The van der Waals surface area contributed by atoms with E-state index in [1.807, 2.05) is 0 Å². The van der Waals surface area contributed by atoms with Crippen LogP contribution in [0.15, 0.2) is 0 Å². The molecule has 0 saturated heterocycles. The van der Waals surface area contributed by atoms with Gasteiger partial charge in [0.25, 0.3) is 0 Å². The molecule has 2 heteroatoms. The Bertz CT molecular complexity index is 6.85. The Kier molecular flexibility index (Phi) is 339. The normalized spacial score (nSPS) is 1.40. The van der Waals surface area contributed by atoms with Crippen LogP contribution >= 0.6 is 19.4 Å². The molecule has 0 nitrogen and oxygen atoms in total. The third-order valence-corrected chi connectivity index (χ3v) is 0. The second-order valence-corrected chi connectivity index (χ2v) is 0. The fourth-order valence-corrected chi connectivity index (χ4v) is 0. The first kappa shape index (κ1) is 32.2. The Balaban J connectivity index is -0.00000000167. The van der Waals surface area contributed by atoms with Crippen molar-refractivity contribution in [1.82, 2.24) is 0 Å². The van der Waals surface area contributed by atoms with Crippen LogP contribution in [-0.2, 0) is 16.1 Å². The summed E-state index contributed by atoms with van der Waals surface area (Å²) in [4.78, 5) is 0. The van der Waals surface area contributed by atoms with Gasteiger partial charge in [0.15, 0.2) is 0 Å². The van der Waals surface area contributed by atoms with Gasteiger partial charge < -0.3 is 22.3 Å². The van der Waals surface area contributed by atoms with Crippen molar-refractivity contribution in [3.8, 4) is 0 Å². The molecule has 0 rings (SSSR count). The Morgan fingerprint density at radius 1 is 0.800 bits per heavy atom. The quantitative estimate of drug-likeness (QED) is 0.455. The molecule has 0 N–H and O–H groups in total. The van der Waals surface area contributed by atoms with E-state index in [4.69, 9.17) is 0 Å². The van der Waals surface area contributed by atoms with Crippen LogP contribution in [0.2, 0.25) is 0 Å². The van der Waals surface area contributed by atoms with Crippen LogP contribution in [0.5, 0.6) is 0 Å². The van der Waals surface area contributed by atoms with Gasteiger partial charge in [-0.25, -0.2) is 0 Å². The average molecular weight is 367 g/mol. The summed E-state index contributed by atoms with van der Waals surface area (Å²) in [7, 11) is 0. The molecule has 0 fully saturated rings. The van der Waals surface area contributed by atoms with Crippen molar-refractivity contribution in [3.05, 3.63) is 22.3 Å². The molecule has 0 aromatic heterocycles. The van der Waals surface area contributed by atoms with Gasteiger partial charge in [-0.2, -0.15) is 0 Å². The summed E-state index contributed by atoms with van der Waals surface area (Å²) in [6.07, 6.45) is 0. The van der Waals surface area contributed by atoms with Crippen LogP contribution < -0.4 is 0 Å². The summed E-state index contributed by atoms with van der Waals surface area (Å²) in [5.41, 5.74) is 0. The fraction of sp³-hybridized carbons (Fsp3) is 0. The van der Waals surface area contributed by atoms with E-state index >= 15 is 0 Å². The van der Waals surface area contributed by atoms with E-state index in [1.165, 1.54) is 0 Å². The molecule has 0 spiro atoms. The van der Waals surface area contributed by atoms with Gasteiger partial charge >= 0.3 is 35.5 Å². The molecule has 5 heavy (non-hydrogen) atoms. The number of hydrogen-bond acceptors (Lipinski definition) is 0. The first-order chi connectivity index (χ1) is 1.00. The standard InChI is InChI=1S/3CH3.HI.Pt/h3*1H3;1H;/q3*-1;;+1/p-1. The van der Waals surface area contributed by atoms with Crippen molar-refractivity contribution in [2.75, 3.05) is 0 Å². The first-order valence-electron chi connectivity index (χ1n) is 0.120. The minimum atomic E-state index is 0. The van der Waals surface area contributed by atoms with Crippen molar-refractivity contribution < 1.29 is 16.1 Å². The predicted molar refractivity (Wildman–Crippen MR) is 33.3 cm³/mol. The fourth-order valence-electron chi connectivity index (χ4n) is 0. The number of rotatable bonds is 0. The van der Waals surface area contributed by atoms with Gasteiger partial charge in [-0.1, -0.05) is 0 Å². The van der Waals surface area contributed by atoms with Crippen LogP contribution in [0, 0.1) is 22.3 Å². The number of halogens is 1. The Morgan fingerprint density at radius 2 is 0.800 bits per heavy atom. The monoisotopic (exact) mass is 367 g/mol. The van der Waals surface area contributed by atoms with Gasteiger partial charge in [-0.15, -0.1) is 0 Å². The summed E-state index contributed by atoms with van der Waals surface area (Å²) >= 11 is 4.23. The summed E-state index contributed by atoms with van der Waals surface area (Å²) in [5, 5.41) is 0. The van der Waals surface area contributed by atoms with Gasteiger partial charge in [-0.05, 0) is 0 Å². The topological polar surface area (TPSA) is 0 Å². The molecular weight excluding hydrogens is 358 g/mol. The molecule has 41 valence electrons. The zero-order chi connectivity index (χ0) is 2.00. The van der Waals surface area contributed by atoms with Gasteiger partial charge in [0.05, 0.1) is 0 Å². The van der Waals surface area contributed by atoms with E-state index in [1.54, 1.807) is 0 Å².